The summed E-state index contributed by atoms with van der Waals surface area (Å²) in [6.45, 7) is 1.93. The van der Waals surface area contributed by atoms with E-state index in [1.807, 2.05) is 6.92 Å². The Labute approximate surface area is 98.5 Å². The lowest BCUT2D eigenvalue weighted by molar-refractivity contribution is 0.0905. The van der Waals surface area contributed by atoms with Crippen molar-refractivity contribution in [3.05, 3.63) is 35.4 Å². The van der Waals surface area contributed by atoms with Gasteiger partial charge in [0.15, 0.2) is 11.6 Å². The predicted molar refractivity (Wildman–Crippen MR) is 59.6 cm³/mol. The molecule has 0 saturated heterocycles. The Morgan fingerprint density at radius 3 is 2.82 bits per heavy atom. The van der Waals surface area contributed by atoms with Crippen LogP contribution in [0.5, 0.6) is 0 Å². The SMILES string of the molecule is CCCC(O)CNC(=O)c1cccc(F)c1F. The summed E-state index contributed by atoms with van der Waals surface area (Å²) in [5, 5.41) is 11.7. The van der Waals surface area contributed by atoms with Gasteiger partial charge in [-0.1, -0.05) is 19.4 Å². The Morgan fingerprint density at radius 2 is 2.18 bits per heavy atom. The monoisotopic (exact) mass is 243 g/mol. The van der Waals surface area contributed by atoms with Gasteiger partial charge in [-0.2, -0.15) is 0 Å². The first-order valence-electron chi connectivity index (χ1n) is 5.46. The molecular weight excluding hydrogens is 228 g/mol. The maximum Gasteiger partial charge on any atom is 0.254 e. The van der Waals surface area contributed by atoms with Gasteiger partial charge < -0.3 is 10.4 Å². The number of benzene rings is 1. The van der Waals surface area contributed by atoms with Crippen molar-refractivity contribution in [3.8, 4) is 0 Å². The van der Waals surface area contributed by atoms with Gasteiger partial charge in [-0.3, -0.25) is 4.79 Å². The van der Waals surface area contributed by atoms with Gasteiger partial charge in [-0.25, -0.2) is 8.78 Å². The van der Waals surface area contributed by atoms with Crippen molar-refractivity contribution in [1.82, 2.24) is 5.32 Å². The molecule has 0 aliphatic carbocycles. The Kier molecular flexibility index (Phi) is 5.03. The molecule has 2 N–H and O–H groups in total. The number of amides is 1. The van der Waals surface area contributed by atoms with Crippen LogP contribution in [-0.4, -0.2) is 23.7 Å². The highest BCUT2D eigenvalue weighted by Gasteiger charge is 2.15. The number of hydrogen-bond acceptors (Lipinski definition) is 2. The largest absolute Gasteiger partial charge is 0.391 e. The summed E-state index contributed by atoms with van der Waals surface area (Å²) in [5.41, 5.74) is -0.353. The first kappa shape index (κ1) is 13.6. The summed E-state index contributed by atoms with van der Waals surface area (Å²) in [5.74, 6) is -2.96. The van der Waals surface area contributed by atoms with Gasteiger partial charge in [-0.15, -0.1) is 0 Å². The zero-order valence-corrected chi connectivity index (χ0v) is 9.54. The van der Waals surface area contributed by atoms with Crippen molar-refractivity contribution in [1.29, 1.82) is 0 Å². The second kappa shape index (κ2) is 6.30. The van der Waals surface area contributed by atoms with Crippen LogP contribution in [0, 0.1) is 11.6 Å². The summed E-state index contributed by atoms with van der Waals surface area (Å²) >= 11 is 0. The van der Waals surface area contributed by atoms with Crippen molar-refractivity contribution >= 4 is 5.91 Å². The van der Waals surface area contributed by atoms with Crippen LogP contribution in [0.4, 0.5) is 8.78 Å². The molecule has 0 bridgehead atoms. The molecule has 0 spiro atoms. The van der Waals surface area contributed by atoms with E-state index in [-0.39, 0.29) is 12.1 Å². The molecule has 17 heavy (non-hydrogen) atoms. The Hall–Kier alpha value is -1.49. The molecule has 5 heteroatoms. The molecule has 0 heterocycles. The average molecular weight is 243 g/mol. The second-order valence-corrected chi connectivity index (χ2v) is 3.75. The van der Waals surface area contributed by atoms with Crippen LogP contribution < -0.4 is 5.32 Å². The third-order valence-electron chi connectivity index (χ3n) is 2.32. The molecule has 0 fully saturated rings. The van der Waals surface area contributed by atoms with Gasteiger partial charge in [0.05, 0.1) is 11.7 Å². The lowest BCUT2D eigenvalue weighted by Crippen LogP contribution is -2.32. The highest BCUT2D eigenvalue weighted by molar-refractivity contribution is 5.94. The average Bonchev–Trinajstić information content (AvgIpc) is 2.30. The maximum atomic E-state index is 13.2. The number of aliphatic hydroxyl groups is 1. The normalized spacial score (nSPS) is 12.2. The number of rotatable bonds is 5. The quantitative estimate of drug-likeness (QED) is 0.829. The number of aliphatic hydroxyl groups excluding tert-OH is 1. The van der Waals surface area contributed by atoms with E-state index in [1.165, 1.54) is 12.1 Å². The molecule has 1 aromatic carbocycles. The van der Waals surface area contributed by atoms with Crippen LogP contribution in [0.1, 0.15) is 30.1 Å². The minimum absolute atomic E-state index is 0.0304. The van der Waals surface area contributed by atoms with Gasteiger partial charge in [0.2, 0.25) is 0 Å². The molecule has 0 aromatic heterocycles. The van der Waals surface area contributed by atoms with Crippen LogP contribution in [0.25, 0.3) is 0 Å². The van der Waals surface area contributed by atoms with Crippen LogP contribution in [-0.2, 0) is 0 Å². The molecule has 0 radical (unpaired) electrons. The smallest absolute Gasteiger partial charge is 0.254 e. The van der Waals surface area contributed by atoms with Gasteiger partial charge in [0.25, 0.3) is 5.91 Å². The molecule has 1 rings (SSSR count). The molecule has 1 aromatic rings. The summed E-state index contributed by atoms with van der Waals surface area (Å²) in [4.78, 5) is 11.5. The standard InChI is InChI=1S/C12H15F2NO2/c1-2-4-8(16)7-15-12(17)9-5-3-6-10(13)11(9)14/h3,5-6,8,16H,2,4,7H2,1H3,(H,15,17). The predicted octanol–water partition coefficient (Wildman–Crippen LogP) is 1.86. The lowest BCUT2D eigenvalue weighted by Gasteiger charge is -2.11. The third-order valence-corrected chi connectivity index (χ3v) is 2.32. The Bertz CT molecular complexity index is 396. The van der Waals surface area contributed by atoms with Crippen LogP contribution >= 0.6 is 0 Å². The number of halogens is 2. The van der Waals surface area contributed by atoms with E-state index in [0.29, 0.717) is 6.42 Å². The second-order valence-electron chi connectivity index (χ2n) is 3.75. The molecule has 0 aliphatic heterocycles. The molecular formula is C12H15F2NO2. The van der Waals surface area contributed by atoms with Gasteiger partial charge in [0, 0.05) is 6.54 Å². The fraction of sp³-hybridized carbons (Fsp3) is 0.417. The highest BCUT2D eigenvalue weighted by Crippen LogP contribution is 2.11. The number of hydrogen-bond donors (Lipinski definition) is 2. The van der Waals surface area contributed by atoms with E-state index in [4.69, 9.17) is 0 Å². The Balaban J connectivity index is 2.61. The van der Waals surface area contributed by atoms with Gasteiger partial charge in [-0.05, 0) is 18.6 Å². The molecule has 1 atom stereocenters. The van der Waals surface area contributed by atoms with Crippen molar-refractivity contribution in [2.75, 3.05) is 6.54 Å². The zero-order chi connectivity index (χ0) is 12.8. The van der Waals surface area contributed by atoms with E-state index in [1.54, 1.807) is 0 Å². The summed E-state index contributed by atoms with van der Waals surface area (Å²) in [7, 11) is 0. The van der Waals surface area contributed by atoms with E-state index in [9.17, 15) is 18.7 Å². The van der Waals surface area contributed by atoms with E-state index < -0.39 is 23.6 Å². The molecule has 0 saturated carbocycles. The van der Waals surface area contributed by atoms with Crippen molar-refractivity contribution in [2.24, 2.45) is 0 Å². The van der Waals surface area contributed by atoms with Crippen molar-refractivity contribution in [3.63, 3.8) is 0 Å². The third kappa shape index (κ3) is 3.78. The maximum absolute atomic E-state index is 13.2. The summed E-state index contributed by atoms with van der Waals surface area (Å²) in [6, 6.07) is 3.40. The molecule has 3 nitrogen and oxygen atoms in total. The fourth-order valence-electron chi connectivity index (χ4n) is 1.42. The fourth-order valence-corrected chi connectivity index (χ4v) is 1.42. The summed E-state index contributed by atoms with van der Waals surface area (Å²) < 4.78 is 26.1. The topological polar surface area (TPSA) is 49.3 Å². The minimum atomic E-state index is -1.17. The van der Waals surface area contributed by atoms with E-state index in [0.717, 1.165) is 12.5 Å². The molecule has 0 aliphatic rings. The Morgan fingerprint density at radius 1 is 1.47 bits per heavy atom. The molecule has 1 amide bonds. The lowest BCUT2D eigenvalue weighted by atomic mass is 10.1. The highest BCUT2D eigenvalue weighted by atomic mass is 19.2. The molecule has 94 valence electrons. The van der Waals surface area contributed by atoms with Crippen molar-refractivity contribution in [2.45, 2.75) is 25.9 Å². The zero-order valence-electron chi connectivity index (χ0n) is 9.54. The van der Waals surface area contributed by atoms with E-state index >= 15 is 0 Å². The first-order valence-corrected chi connectivity index (χ1v) is 5.46. The van der Waals surface area contributed by atoms with Crippen molar-refractivity contribution < 1.29 is 18.7 Å². The van der Waals surface area contributed by atoms with Crippen LogP contribution in [0.3, 0.4) is 0 Å². The number of carbonyl (C=O) groups is 1. The number of carbonyl (C=O) groups excluding carboxylic acids is 1. The van der Waals surface area contributed by atoms with Crippen LogP contribution in [0.15, 0.2) is 18.2 Å². The minimum Gasteiger partial charge on any atom is -0.391 e. The van der Waals surface area contributed by atoms with Gasteiger partial charge in [0.1, 0.15) is 0 Å². The van der Waals surface area contributed by atoms with Gasteiger partial charge >= 0.3 is 0 Å². The molecule has 1 unspecified atom stereocenters. The summed E-state index contributed by atoms with van der Waals surface area (Å²) in [6.07, 6.45) is 0.664. The first-order chi connectivity index (χ1) is 8.06. The number of nitrogens with one attached hydrogen (secondary N) is 1. The van der Waals surface area contributed by atoms with E-state index in [2.05, 4.69) is 5.32 Å². The van der Waals surface area contributed by atoms with Crippen LogP contribution in [0.2, 0.25) is 0 Å².